The van der Waals surface area contributed by atoms with Gasteiger partial charge in [-0.2, -0.15) is 0 Å². The first kappa shape index (κ1) is 14.9. The molecule has 6 heteroatoms. The molecule has 1 aliphatic heterocycles. The van der Waals surface area contributed by atoms with Gasteiger partial charge in [0, 0.05) is 26.7 Å². The van der Waals surface area contributed by atoms with Crippen molar-refractivity contribution in [1.29, 1.82) is 0 Å². The van der Waals surface area contributed by atoms with E-state index in [0.29, 0.717) is 12.8 Å². The summed E-state index contributed by atoms with van der Waals surface area (Å²) in [6.45, 7) is 6.32. The Morgan fingerprint density at radius 2 is 1.94 bits per heavy atom. The minimum absolute atomic E-state index is 0.0716. The number of esters is 2. The van der Waals surface area contributed by atoms with Gasteiger partial charge in [0.15, 0.2) is 6.29 Å². The zero-order chi connectivity index (χ0) is 13.7. The SMILES string of the molecule is CC(=O)OC(C)CC1OC(C)CC(OC(C)=O)O1. The van der Waals surface area contributed by atoms with Crippen LogP contribution in [0.25, 0.3) is 0 Å². The van der Waals surface area contributed by atoms with Gasteiger partial charge in [0.05, 0.1) is 6.10 Å². The lowest BCUT2D eigenvalue weighted by Gasteiger charge is -2.34. The van der Waals surface area contributed by atoms with Gasteiger partial charge in [-0.25, -0.2) is 0 Å². The average molecular weight is 260 g/mol. The summed E-state index contributed by atoms with van der Waals surface area (Å²) in [5.74, 6) is -0.733. The fourth-order valence-corrected chi connectivity index (χ4v) is 1.82. The number of ether oxygens (including phenoxy) is 4. The second kappa shape index (κ2) is 6.70. The molecule has 0 aliphatic carbocycles. The van der Waals surface area contributed by atoms with Gasteiger partial charge in [0.2, 0.25) is 6.29 Å². The third kappa shape index (κ3) is 5.46. The van der Waals surface area contributed by atoms with E-state index in [1.165, 1.54) is 13.8 Å². The van der Waals surface area contributed by atoms with E-state index in [1.54, 1.807) is 6.92 Å². The summed E-state index contributed by atoms with van der Waals surface area (Å²) in [4.78, 5) is 21.7. The molecular weight excluding hydrogens is 240 g/mol. The molecule has 0 aromatic heterocycles. The van der Waals surface area contributed by atoms with Crippen molar-refractivity contribution >= 4 is 11.9 Å². The second-order valence-corrected chi connectivity index (χ2v) is 4.44. The smallest absolute Gasteiger partial charge is 0.304 e. The summed E-state index contributed by atoms with van der Waals surface area (Å²) >= 11 is 0. The molecule has 0 aromatic carbocycles. The third-order valence-electron chi connectivity index (χ3n) is 2.40. The van der Waals surface area contributed by atoms with Crippen molar-refractivity contribution in [3.05, 3.63) is 0 Å². The number of carbonyl (C=O) groups excluding carboxylic acids is 2. The number of hydrogen-bond donors (Lipinski definition) is 0. The average Bonchev–Trinajstić information content (AvgIpc) is 2.12. The van der Waals surface area contributed by atoms with Crippen molar-refractivity contribution in [2.24, 2.45) is 0 Å². The molecule has 1 heterocycles. The molecule has 18 heavy (non-hydrogen) atoms. The van der Waals surface area contributed by atoms with Crippen molar-refractivity contribution in [1.82, 2.24) is 0 Å². The lowest BCUT2D eigenvalue weighted by molar-refractivity contribution is -0.300. The van der Waals surface area contributed by atoms with Crippen molar-refractivity contribution < 1.29 is 28.5 Å². The molecule has 0 saturated carbocycles. The lowest BCUT2D eigenvalue weighted by Crippen LogP contribution is -2.40. The number of rotatable bonds is 4. The topological polar surface area (TPSA) is 71.1 Å². The Morgan fingerprint density at radius 3 is 2.50 bits per heavy atom. The van der Waals surface area contributed by atoms with Gasteiger partial charge in [-0.05, 0) is 13.8 Å². The van der Waals surface area contributed by atoms with E-state index < -0.39 is 12.6 Å². The van der Waals surface area contributed by atoms with Crippen molar-refractivity contribution in [2.45, 2.75) is 65.3 Å². The van der Waals surface area contributed by atoms with Gasteiger partial charge in [-0.1, -0.05) is 0 Å². The minimum Gasteiger partial charge on any atom is -0.463 e. The normalized spacial score (nSPS) is 29.4. The Hall–Kier alpha value is -1.14. The van der Waals surface area contributed by atoms with Crippen molar-refractivity contribution in [3.63, 3.8) is 0 Å². The van der Waals surface area contributed by atoms with Crippen LogP contribution in [-0.4, -0.2) is 36.7 Å². The van der Waals surface area contributed by atoms with Gasteiger partial charge < -0.3 is 18.9 Å². The molecule has 6 nitrogen and oxygen atoms in total. The minimum atomic E-state index is -0.597. The van der Waals surface area contributed by atoms with E-state index in [9.17, 15) is 9.59 Å². The first-order valence-corrected chi connectivity index (χ1v) is 6.02. The highest BCUT2D eigenvalue weighted by atomic mass is 16.8. The Morgan fingerprint density at radius 1 is 1.28 bits per heavy atom. The third-order valence-corrected chi connectivity index (χ3v) is 2.40. The molecule has 0 N–H and O–H groups in total. The monoisotopic (exact) mass is 260 g/mol. The molecular formula is C12H20O6. The maximum atomic E-state index is 10.9. The summed E-state index contributed by atoms with van der Waals surface area (Å²) in [7, 11) is 0. The van der Waals surface area contributed by atoms with Gasteiger partial charge in [0.25, 0.3) is 0 Å². The zero-order valence-electron chi connectivity index (χ0n) is 11.2. The first-order chi connectivity index (χ1) is 8.36. The summed E-state index contributed by atoms with van der Waals surface area (Å²) in [6, 6.07) is 0. The summed E-state index contributed by atoms with van der Waals surface area (Å²) < 4.78 is 21.0. The van der Waals surface area contributed by atoms with E-state index in [-0.39, 0.29) is 24.1 Å². The predicted octanol–water partition coefficient (Wildman–Crippen LogP) is 1.37. The van der Waals surface area contributed by atoms with Crippen LogP contribution in [0, 0.1) is 0 Å². The molecule has 0 amide bonds. The van der Waals surface area contributed by atoms with Crippen LogP contribution in [0.3, 0.4) is 0 Å². The van der Waals surface area contributed by atoms with Crippen LogP contribution in [0.4, 0.5) is 0 Å². The largest absolute Gasteiger partial charge is 0.463 e. The highest BCUT2D eigenvalue weighted by Gasteiger charge is 2.31. The summed E-state index contributed by atoms with van der Waals surface area (Å²) in [5, 5.41) is 0. The van der Waals surface area contributed by atoms with Gasteiger partial charge in [-0.15, -0.1) is 0 Å². The highest BCUT2D eigenvalue weighted by Crippen LogP contribution is 2.22. The van der Waals surface area contributed by atoms with E-state index in [0.717, 1.165) is 0 Å². The maximum Gasteiger partial charge on any atom is 0.304 e. The predicted molar refractivity (Wildman–Crippen MR) is 61.4 cm³/mol. The first-order valence-electron chi connectivity index (χ1n) is 6.02. The van der Waals surface area contributed by atoms with Gasteiger partial charge in [-0.3, -0.25) is 9.59 Å². The molecule has 1 saturated heterocycles. The Labute approximate surface area is 107 Å². The second-order valence-electron chi connectivity index (χ2n) is 4.44. The number of hydrogen-bond acceptors (Lipinski definition) is 6. The van der Waals surface area contributed by atoms with Crippen LogP contribution in [-0.2, 0) is 28.5 Å². The fourth-order valence-electron chi connectivity index (χ4n) is 1.82. The van der Waals surface area contributed by atoms with Crippen LogP contribution in [0.2, 0.25) is 0 Å². The van der Waals surface area contributed by atoms with Crippen LogP contribution in [0.15, 0.2) is 0 Å². The summed E-state index contributed by atoms with van der Waals surface area (Å²) in [5.41, 5.74) is 0. The molecule has 104 valence electrons. The molecule has 4 atom stereocenters. The quantitative estimate of drug-likeness (QED) is 0.711. The van der Waals surface area contributed by atoms with Crippen LogP contribution >= 0.6 is 0 Å². The Balaban J connectivity index is 2.44. The van der Waals surface area contributed by atoms with Crippen LogP contribution < -0.4 is 0 Å². The molecule has 1 fully saturated rings. The zero-order valence-corrected chi connectivity index (χ0v) is 11.2. The standard InChI is InChI=1S/C12H20O6/c1-7(15-9(3)13)5-11-16-8(2)6-12(18-11)17-10(4)14/h7-8,11-12H,5-6H2,1-4H3. The van der Waals surface area contributed by atoms with Crippen molar-refractivity contribution in [2.75, 3.05) is 0 Å². The van der Waals surface area contributed by atoms with Gasteiger partial charge in [0.1, 0.15) is 6.10 Å². The molecule has 0 aromatic rings. The number of carbonyl (C=O) groups is 2. The molecule has 1 aliphatic rings. The Bertz CT molecular complexity index is 301. The van der Waals surface area contributed by atoms with Gasteiger partial charge >= 0.3 is 11.9 Å². The van der Waals surface area contributed by atoms with E-state index >= 15 is 0 Å². The lowest BCUT2D eigenvalue weighted by atomic mass is 10.2. The Kier molecular flexibility index (Phi) is 5.55. The van der Waals surface area contributed by atoms with Crippen molar-refractivity contribution in [3.8, 4) is 0 Å². The fraction of sp³-hybridized carbons (Fsp3) is 0.833. The highest BCUT2D eigenvalue weighted by molar-refractivity contribution is 5.66. The van der Waals surface area contributed by atoms with Crippen LogP contribution in [0.1, 0.15) is 40.5 Å². The maximum absolute atomic E-state index is 10.9. The van der Waals surface area contributed by atoms with E-state index in [2.05, 4.69) is 0 Å². The molecule has 0 bridgehead atoms. The van der Waals surface area contributed by atoms with E-state index in [4.69, 9.17) is 18.9 Å². The molecule has 1 rings (SSSR count). The molecule has 0 radical (unpaired) electrons. The van der Waals surface area contributed by atoms with Crippen LogP contribution in [0.5, 0.6) is 0 Å². The summed E-state index contributed by atoms with van der Waals surface area (Å²) in [6.07, 6.45) is -0.610. The molecule has 0 spiro atoms. The van der Waals surface area contributed by atoms with E-state index in [1.807, 2.05) is 6.92 Å². The molecule has 4 unspecified atom stereocenters.